The quantitative estimate of drug-likeness (QED) is 0.660. The maximum atomic E-state index is 9.42. The van der Waals surface area contributed by atoms with Gasteiger partial charge in [0.2, 0.25) is 0 Å². The van der Waals surface area contributed by atoms with Crippen molar-refractivity contribution < 1.29 is 5.11 Å². The molecule has 0 aliphatic rings. The van der Waals surface area contributed by atoms with Gasteiger partial charge in [0.25, 0.3) is 0 Å². The molecule has 1 aromatic rings. The summed E-state index contributed by atoms with van der Waals surface area (Å²) < 4.78 is 0. The van der Waals surface area contributed by atoms with Crippen molar-refractivity contribution in [2.75, 3.05) is 5.32 Å². The number of aryl methyl sites for hydroxylation is 1. The smallest absolute Gasteiger partial charge is 0.138 e. The molecule has 0 saturated heterocycles. The predicted molar refractivity (Wildman–Crippen MR) is 51.6 cm³/mol. The summed E-state index contributed by atoms with van der Waals surface area (Å²) in [6.45, 7) is 6.09. The van der Waals surface area contributed by atoms with E-state index in [9.17, 15) is 5.11 Å². The van der Waals surface area contributed by atoms with Crippen LogP contribution in [0.1, 0.15) is 19.4 Å². The zero-order valence-electron chi connectivity index (χ0n) is 7.76. The number of nitrogens with one attached hydrogen (secondary N) is 1. The van der Waals surface area contributed by atoms with Gasteiger partial charge in [-0.15, -0.1) is 0 Å². The standard InChI is InChI=1S/C10H15NO/c1-7(2)11-9-6-8(3)4-5-10(9)12/h4-7,11-12H,1-3H3. The van der Waals surface area contributed by atoms with Crippen molar-refractivity contribution >= 4 is 5.69 Å². The van der Waals surface area contributed by atoms with Gasteiger partial charge in [-0.2, -0.15) is 0 Å². The van der Waals surface area contributed by atoms with E-state index in [0.29, 0.717) is 11.8 Å². The maximum absolute atomic E-state index is 9.42. The Morgan fingerprint density at radius 2 is 2.00 bits per heavy atom. The maximum Gasteiger partial charge on any atom is 0.138 e. The van der Waals surface area contributed by atoms with Crippen LogP contribution < -0.4 is 5.32 Å². The Bertz CT molecular complexity index is 269. The molecule has 1 rings (SSSR count). The number of phenols is 1. The van der Waals surface area contributed by atoms with Crippen molar-refractivity contribution in [2.24, 2.45) is 0 Å². The highest BCUT2D eigenvalue weighted by Crippen LogP contribution is 2.24. The summed E-state index contributed by atoms with van der Waals surface area (Å²) in [7, 11) is 0. The summed E-state index contributed by atoms with van der Waals surface area (Å²) in [6.07, 6.45) is 0. The van der Waals surface area contributed by atoms with Gasteiger partial charge in [-0.25, -0.2) is 0 Å². The molecule has 2 nitrogen and oxygen atoms in total. The second-order valence-electron chi connectivity index (χ2n) is 3.32. The minimum atomic E-state index is 0.314. The molecule has 0 heterocycles. The van der Waals surface area contributed by atoms with E-state index in [1.165, 1.54) is 0 Å². The summed E-state index contributed by atoms with van der Waals surface area (Å²) in [6, 6.07) is 5.88. The topological polar surface area (TPSA) is 32.3 Å². The van der Waals surface area contributed by atoms with E-state index in [-0.39, 0.29) is 0 Å². The Morgan fingerprint density at radius 3 is 2.58 bits per heavy atom. The van der Waals surface area contributed by atoms with Gasteiger partial charge < -0.3 is 10.4 Å². The van der Waals surface area contributed by atoms with Crippen LogP contribution in [-0.2, 0) is 0 Å². The van der Waals surface area contributed by atoms with E-state index in [4.69, 9.17) is 0 Å². The van der Waals surface area contributed by atoms with Crippen molar-refractivity contribution in [2.45, 2.75) is 26.8 Å². The fourth-order valence-electron chi connectivity index (χ4n) is 1.08. The van der Waals surface area contributed by atoms with E-state index in [1.54, 1.807) is 6.07 Å². The summed E-state index contributed by atoms with van der Waals surface area (Å²) in [5.41, 5.74) is 1.96. The molecule has 66 valence electrons. The minimum Gasteiger partial charge on any atom is -0.506 e. The molecule has 12 heavy (non-hydrogen) atoms. The van der Waals surface area contributed by atoms with E-state index in [0.717, 1.165) is 11.3 Å². The van der Waals surface area contributed by atoms with Gasteiger partial charge in [-0.3, -0.25) is 0 Å². The number of rotatable bonds is 2. The van der Waals surface area contributed by atoms with Crippen LogP contribution in [0.25, 0.3) is 0 Å². The van der Waals surface area contributed by atoms with Gasteiger partial charge in [0, 0.05) is 6.04 Å². The Kier molecular flexibility index (Phi) is 2.58. The number of phenolic OH excluding ortho intramolecular Hbond substituents is 1. The molecular weight excluding hydrogens is 150 g/mol. The Morgan fingerprint density at radius 1 is 1.33 bits per heavy atom. The highest BCUT2D eigenvalue weighted by molar-refractivity contribution is 5.57. The molecule has 0 aliphatic heterocycles. The summed E-state index contributed by atoms with van der Waals surface area (Å²) in [5, 5.41) is 12.6. The van der Waals surface area contributed by atoms with E-state index < -0.39 is 0 Å². The molecule has 0 bridgehead atoms. The SMILES string of the molecule is Cc1ccc(O)c(NC(C)C)c1. The molecule has 2 heteroatoms. The van der Waals surface area contributed by atoms with Crippen molar-refractivity contribution in [1.29, 1.82) is 0 Å². The van der Waals surface area contributed by atoms with Gasteiger partial charge in [0.1, 0.15) is 5.75 Å². The lowest BCUT2D eigenvalue weighted by atomic mass is 10.2. The van der Waals surface area contributed by atoms with Crippen LogP contribution in [0.2, 0.25) is 0 Å². The summed E-state index contributed by atoms with van der Waals surface area (Å²) in [5.74, 6) is 0.314. The van der Waals surface area contributed by atoms with Crippen LogP contribution in [0.15, 0.2) is 18.2 Å². The highest BCUT2D eigenvalue weighted by Gasteiger charge is 2.01. The summed E-state index contributed by atoms with van der Waals surface area (Å²) in [4.78, 5) is 0. The van der Waals surface area contributed by atoms with Crippen LogP contribution in [0.3, 0.4) is 0 Å². The molecular formula is C10H15NO. The Balaban J connectivity index is 2.90. The second-order valence-corrected chi connectivity index (χ2v) is 3.32. The number of aromatic hydroxyl groups is 1. The zero-order chi connectivity index (χ0) is 9.14. The fraction of sp³-hybridized carbons (Fsp3) is 0.400. The lowest BCUT2D eigenvalue weighted by Crippen LogP contribution is -2.09. The first-order chi connectivity index (χ1) is 5.59. The molecule has 0 saturated carbocycles. The number of hydrogen-bond donors (Lipinski definition) is 2. The first-order valence-corrected chi connectivity index (χ1v) is 4.16. The van der Waals surface area contributed by atoms with Crippen molar-refractivity contribution in [3.05, 3.63) is 23.8 Å². The number of hydrogen-bond acceptors (Lipinski definition) is 2. The fourth-order valence-corrected chi connectivity index (χ4v) is 1.08. The van der Waals surface area contributed by atoms with Crippen molar-refractivity contribution in [3.8, 4) is 5.75 Å². The average molecular weight is 165 g/mol. The van der Waals surface area contributed by atoms with E-state index in [2.05, 4.69) is 5.32 Å². The monoisotopic (exact) mass is 165 g/mol. The average Bonchev–Trinajstić information content (AvgIpc) is 1.96. The van der Waals surface area contributed by atoms with E-state index >= 15 is 0 Å². The Hall–Kier alpha value is -1.18. The summed E-state index contributed by atoms with van der Waals surface area (Å²) >= 11 is 0. The molecule has 1 aromatic carbocycles. The first kappa shape index (κ1) is 8.91. The molecule has 0 unspecified atom stereocenters. The predicted octanol–water partition coefficient (Wildman–Crippen LogP) is 2.52. The molecule has 0 spiro atoms. The van der Waals surface area contributed by atoms with Crippen LogP contribution >= 0.6 is 0 Å². The third-order valence-electron chi connectivity index (χ3n) is 1.60. The lowest BCUT2D eigenvalue weighted by Gasteiger charge is -2.11. The molecule has 0 amide bonds. The van der Waals surface area contributed by atoms with Crippen LogP contribution in [0, 0.1) is 6.92 Å². The third-order valence-corrected chi connectivity index (χ3v) is 1.60. The largest absolute Gasteiger partial charge is 0.506 e. The van der Waals surface area contributed by atoms with Crippen LogP contribution in [-0.4, -0.2) is 11.1 Å². The van der Waals surface area contributed by atoms with Crippen molar-refractivity contribution in [3.63, 3.8) is 0 Å². The number of benzene rings is 1. The van der Waals surface area contributed by atoms with Crippen molar-refractivity contribution in [1.82, 2.24) is 0 Å². The lowest BCUT2D eigenvalue weighted by molar-refractivity contribution is 0.476. The molecule has 0 fully saturated rings. The minimum absolute atomic E-state index is 0.314. The molecule has 2 N–H and O–H groups in total. The van der Waals surface area contributed by atoms with Crippen LogP contribution in [0.5, 0.6) is 5.75 Å². The van der Waals surface area contributed by atoms with Gasteiger partial charge in [-0.1, -0.05) is 6.07 Å². The molecule has 0 radical (unpaired) electrons. The normalized spacial score (nSPS) is 10.3. The third kappa shape index (κ3) is 2.16. The number of anilines is 1. The van der Waals surface area contributed by atoms with Crippen LogP contribution in [0.4, 0.5) is 5.69 Å². The second kappa shape index (κ2) is 3.48. The van der Waals surface area contributed by atoms with E-state index in [1.807, 2.05) is 32.9 Å². The Labute approximate surface area is 73.2 Å². The van der Waals surface area contributed by atoms with Gasteiger partial charge >= 0.3 is 0 Å². The highest BCUT2D eigenvalue weighted by atomic mass is 16.3. The van der Waals surface area contributed by atoms with Gasteiger partial charge in [0.15, 0.2) is 0 Å². The molecule has 0 atom stereocenters. The molecule has 0 aromatic heterocycles. The van der Waals surface area contributed by atoms with Gasteiger partial charge in [-0.05, 0) is 38.5 Å². The van der Waals surface area contributed by atoms with Gasteiger partial charge in [0.05, 0.1) is 5.69 Å². The zero-order valence-corrected chi connectivity index (χ0v) is 7.76. The molecule has 0 aliphatic carbocycles. The first-order valence-electron chi connectivity index (χ1n) is 4.16.